The monoisotopic (exact) mass is 1180 g/mol. The molecule has 9 rings (SSSR count). The van der Waals surface area contributed by atoms with Gasteiger partial charge in [0.05, 0.1) is 39.4 Å². The molecule has 0 radical (unpaired) electrons. The van der Waals surface area contributed by atoms with Crippen molar-refractivity contribution in [3.63, 3.8) is 0 Å². The fraction of sp³-hybridized carbons (Fsp3) is 0.365. The molecule has 2 fully saturated rings. The molecule has 0 spiro atoms. The van der Waals surface area contributed by atoms with E-state index in [1.165, 1.54) is 35.4 Å². The largest absolute Gasteiger partial charge is 0.465 e. The van der Waals surface area contributed by atoms with Gasteiger partial charge in [-0.05, 0) is 64.4 Å². The van der Waals surface area contributed by atoms with Gasteiger partial charge < -0.3 is 47.1 Å². The van der Waals surface area contributed by atoms with Gasteiger partial charge in [-0.3, -0.25) is 42.8 Å². The highest BCUT2D eigenvalue weighted by Gasteiger charge is 2.37. The van der Waals surface area contributed by atoms with Crippen molar-refractivity contribution in [1.82, 2.24) is 38.8 Å². The molecule has 0 bridgehead atoms. The van der Waals surface area contributed by atoms with Crippen LogP contribution in [0, 0.1) is 13.8 Å². The van der Waals surface area contributed by atoms with Gasteiger partial charge in [-0.2, -0.15) is 5.09 Å². The van der Waals surface area contributed by atoms with Crippen molar-refractivity contribution in [3.8, 4) is 11.5 Å². The van der Waals surface area contributed by atoms with Gasteiger partial charge in [0.1, 0.15) is 30.2 Å². The van der Waals surface area contributed by atoms with E-state index in [2.05, 4.69) is 25.1 Å². The normalized spacial score (nSPS) is 18.7. The molecule has 436 valence electrons. The minimum atomic E-state index is -4.17. The summed E-state index contributed by atoms with van der Waals surface area (Å²) in [6, 6.07) is 23.7. The SMILES string of the molecule is CCOC(=O)[C@H](C)NP(=O)(Cl)Oc1cccc2ccccc12.CCOC(=O)[C@H](C)NP(=O)(OC[C@@H]1OC[C@H](n2cc(C)c(=O)[nH]c2=O)O1)Oc1cccc2ccccc12.Cc1cn([C@H]2CO[C@@H](CO)O2)c(=O)[nH]c1=O.Cn1ccnc1. The van der Waals surface area contributed by atoms with Crippen LogP contribution in [0.2, 0.25) is 0 Å². The molecule has 8 atom stereocenters. The number of aliphatic hydroxyl groups is 1. The van der Waals surface area contributed by atoms with Crippen LogP contribution in [0.3, 0.4) is 0 Å². The Labute approximate surface area is 468 Å². The van der Waals surface area contributed by atoms with E-state index in [-0.39, 0.29) is 45.4 Å². The maximum absolute atomic E-state index is 13.8. The Kier molecular flexibility index (Phi) is 23.1. The first-order chi connectivity index (χ1) is 38.6. The average molecular weight is 1190 g/mol. The second kappa shape index (κ2) is 29.6. The molecule has 2 unspecified atom stereocenters. The summed E-state index contributed by atoms with van der Waals surface area (Å²) in [5.41, 5.74) is -1.38. The number of fused-ring (bicyclic) bond motifs is 2. The van der Waals surface area contributed by atoms with Crippen molar-refractivity contribution in [2.75, 3.05) is 39.6 Å². The molecule has 4 aromatic carbocycles. The summed E-state index contributed by atoms with van der Waals surface area (Å²) in [7, 11) is -2.24. The first-order valence-electron chi connectivity index (χ1n) is 25.1. The maximum atomic E-state index is 13.8. The lowest BCUT2D eigenvalue weighted by Gasteiger charge is -2.24. The summed E-state index contributed by atoms with van der Waals surface area (Å²) in [5.74, 6) is -0.495. The van der Waals surface area contributed by atoms with Gasteiger partial charge in [-0.15, -0.1) is 0 Å². The Morgan fingerprint density at radius 2 is 1.20 bits per heavy atom. The smallest absolute Gasteiger partial charge is 0.459 e. The third-order valence-electron chi connectivity index (χ3n) is 11.5. The van der Waals surface area contributed by atoms with Gasteiger partial charge in [-0.25, -0.2) is 28.8 Å². The van der Waals surface area contributed by atoms with E-state index in [0.29, 0.717) is 22.3 Å². The van der Waals surface area contributed by atoms with Crippen LogP contribution in [0.5, 0.6) is 11.5 Å². The summed E-state index contributed by atoms with van der Waals surface area (Å²) >= 11 is 5.92. The number of carbonyl (C=O) groups excluding carboxylic acids is 2. The van der Waals surface area contributed by atoms with Gasteiger partial charge in [0.25, 0.3) is 11.1 Å². The predicted octanol–water partition coefficient (Wildman–Crippen LogP) is 5.85. The number of hydrogen-bond acceptors (Lipinski definition) is 19. The minimum Gasteiger partial charge on any atom is -0.465 e. The van der Waals surface area contributed by atoms with Crippen molar-refractivity contribution in [2.24, 2.45) is 7.05 Å². The van der Waals surface area contributed by atoms with Crippen LogP contribution in [-0.2, 0) is 58.7 Å². The number of aliphatic hydroxyl groups excluding tert-OH is 1. The van der Waals surface area contributed by atoms with E-state index in [4.69, 9.17) is 58.3 Å². The molecular formula is C52H63ClN8O18P2. The first-order valence-corrected chi connectivity index (χ1v) is 29.2. The molecule has 0 amide bonds. The number of nitrogens with one attached hydrogen (secondary N) is 4. The molecule has 2 saturated heterocycles. The van der Waals surface area contributed by atoms with Crippen LogP contribution < -0.4 is 41.7 Å². The molecule has 26 nitrogen and oxygen atoms in total. The highest BCUT2D eigenvalue weighted by atomic mass is 35.7. The van der Waals surface area contributed by atoms with E-state index in [0.717, 1.165) is 16.2 Å². The van der Waals surface area contributed by atoms with E-state index < -0.39 is 86.2 Å². The molecule has 81 heavy (non-hydrogen) atoms. The van der Waals surface area contributed by atoms with Crippen LogP contribution in [0.15, 0.2) is 135 Å². The molecule has 0 saturated carbocycles. The predicted molar refractivity (Wildman–Crippen MR) is 297 cm³/mol. The minimum absolute atomic E-state index is 0.0133. The number of aromatic nitrogens is 6. The van der Waals surface area contributed by atoms with Gasteiger partial charge >= 0.3 is 37.9 Å². The Balaban J connectivity index is 0.000000202. The number of carbonyl (C=O) groups is 2. The van der Waals surface area contributed by atoms with Crippen molar-refractivity contribution in [2.45, 2.75) is 78.7 Å². The van der Waals surface area contributed by atoms with Gasteiger partial charge in [0.15, 0.2) is 25.0 Å². The fourth-order valence-corrected chi connectivity index (χ4v) is 10.7. The van der Waals surface area contributed by atoms with Crippen molar-refractivity contribution < 1.29 is 65.8 Å². The van der Waals surface area contributed by atoms with Crippen molar-refractivity contribution >= 4 is 59.3 Å². The zero-order valence-corrected chi connectivity index (χ0v) is 47.7. The number of benzene rings is 4. The zero-order chi connectivity index (χ0) is 58.9. The summed E-state index contributed by atoms with van der Waals surface area (Å²) in [5, 5.41) is 17.2. The highest BCUT2D eigenvalue weighted by Crippen LogP contribution is 2.50. The number of H-pyrrole nitrogens is 2. The Hall–Kier alpha value is -7.06. The van der Waals surface area contributed by atoms with Gasteiger partial charge in [-0.1, -0.05) is 72.8 Å². The Morgan fingerprint density at radius 1 is 0.728 bits per heavy atom. The van der Waals surface area contributed by atoms with E-state index in [9.17, 15) is 37.9 Å². The lowest BCUT2D eigenvalue weighted by molar-refractivity contribution is -0.145. The molecular weight excluding hydrogens is 1120 g/mol. The number of rotatable bonds is 18. The number of esters is 2. The van der Waals surface area contributed by atoms with Crippen molar-refractivity contribution in [3.05, 3.63) is 169 Å². The number of halogens is 1. The molecule has 2 aliphatic rings. The third-order valence-corrected chi connectivity index (χ3v) is 14.7. The molecule has 5 N–H and O–H groups in total. The fourth-order valence-electron chi connectivity index (χ4n) is 7.48. The zero-order valence-electron chi connectivity index (χ0n) is 45.1. The topological polar surface area (TPSA) is 323 Å². The quantitative estimate of drug-likeness (QED) is 0.0497. The van der Waals surface area contributed by atoms with E-state index in [1.807, 2.05) is 78.5 Å². The van der Waals surface area contributed by atoms with E-state index in [1.54, 1.807) is 64.5 Å². The molecule has 29 heteroatoms. The lowest BCUT2D eigenvalue weighted by atomic mass is 10.1. The lowest BCUT2D eigenvalue weighted by Crippen LogP contribution is -2.36. The average Bonchev–Trinajstić information content (AvgIpc) is 4.25. The molecule has 7 aromatic rings. The van der Waals surface area contributed by atoms with Gasteiger partial charge in [0.2, 0.25) is 0 Å². The molecule has 5 heterocycles. The number of imidazole rings is 1. The van der Waals surface area contributed by atoms with Crippen molar-refractivity contribution in [1.29, 1.82) is 0 Å². The summed E-state index contributed by atoms with van der Waals surface area (Å²) in [4.78, 5) is 78.4. The van der Waals surface area contributed by atoms with Crippen LogP contribution >= 0.6 is 25.9 Å². The summed E-state index contributed by atoms with van der Waals surface area (Å²) in [6.45, 7) is 5.68. The second-order valence-electron chi connectivity index (χ2n) is 17.7. The van der Waals surface area contributed by atoms with Crippen LogP contribution in [0.4, 0.5) is 0 Å². The molecule has 3 aromatic heterocycles. The highest BCUT2D eigenvalue weighted by molar-refractivity contribution is 7.84. The van der Waals surface area contributed by atoms with Crippen LogP contribution in [0.1, 0.15) is 51.3 Å². The van der Waals surface area contributed by atoms with Crippen LogP contribution in [0.25, 0.3) is 21.5 Å². The van der Waals surface area contributed by atoms with Gasteiger partial charge in [0, 0.05) is 65.0 Å². The standard InChI is InChI=1S/C24H28N3O9P.C15H17ClNO4P.C9H12N2O5.C4H6N2/c1-4-32-23(29)16(3)26-37(31,36-19-11-7-9-17-8-5-6-10-18(17)19)34-14-21-33-13-20(35-21)27-12-15(2)22(28)25-24(27)30;1-3-20-15(18)11(2)17-22(16,19)21-14-10-6-8-12-7-4-5-9-13(12)14;1-5-2-11(9(14)10-8(5)13)6-4-15-7(3-12)16-6;1-6-3-2-5-4-6/h5-12,16,20-21H,4,13-14H2,1-3H3,(H,26,31)(H,25,28,30);4-11H,3H2,1-2H3,(H,17,19);2,6-7,12H,3-4H2,1H3,(H,10,13,14);2-4H,1H3/t16-,20+,21+,37?;11-,22?;6-,7-;/m001./s1. The molecule has 2 aliphatic heterocycles. The number of ether oxygens (including phenoxy) is 6. The number of hydrogen-bond donors (Lipinski definition) is 5. The Bertz CT molecular complexity index is 3570. The summed E-state index contributed by atoms with van der Waals surface area (Å²) < 4.78 is 78.8. The number of aryl methyl sites for hydroxylation is 3. The Morgan fingerprint density at radius 3 is 1.65 bits per heavy atom. The molecule has 0 aliphatic carbocycles. The maximum Gasteiger partial charge on any atom is 0.459 e. The second-order valence-corrected chi connectivity index (χ2v) is 22.1. The van der Waals surface area contributed by atoms with Crippen LogP contribution in [-0.4, -0.2) is 110 Å². The first kappa shape index (κ1) is 63.1. The number of nitrogens with zero attached hydrogens (tertiary/aromatic N) is 4. The third kappa shape index (κ3) is 18.2. The number of aromatic amines is 2. The van der Waals surface area contributed by atoms with E-state index >= 15 is 0 Å². The summed E-state index contributed by atoms with van der Waals surface area (Å²) in [6.07, 6.45) is 5.00.